The number of oxime groups is 1. The second kappa shape index (κ2) is 3.43. The first-order valence-corrected chi connectivity index (χ1v) is 4.82. The molecule has 0 saturated heterocycles. The van der Waals surface area contributed by atoms with E-state index in [9.17, 15) is 13.6 Å². The Morgan fingerprint density at radius 1 is 1.67 bits per heavy atom. The van der Waals surface area contributed by atoms with Crippen molar-refractivity contribution in [3.05, 3.63) is 0 Å². The molecule has 0 unspecified atom stereocenters. The number of hydrogen-bond donors (Lipinski definition) is 0. The Hall–Kier alpha value is -1.20. The summed E-state index contributed by atoms with van der Waals surface area (Å²) in [6.07, 6.45) is -1.42. The lowest BCUT2D eigenvalue weighted by Gasteiger charge is -2.08. The van der Waals surface area contributed by atoms with E-state index in [1.165, 1.54) is 0 Å². The molecule has 0 aromatic carbocycles. The minimum absolute atomic E-state index is 0.000903. The maximum Gasteiger partial charge on any atom is 0.356 e. The van der Waals surface area contributed by atoms with E-state index in [-0.39, 0.29) is 25.2 Å². The maximum absolute atomic E-state index is 13.0. The first-order valence-electron chi connectivity index (χ1n) is 4.82. The zero-order valence-electron chi connectivity index (χ0n) is 8.20. The van der Waals surface area contributed by atoms with Crippen molar-refractivity contribution in [3.63, 3.8) is 0 Å². The Morgan fingerprint density at radius 2 is 2.40 bits per heavy atom. The van der Waals surface area contributed by atoms with Gasteiger partial charge in [-0.05, 0) is 6.92 Å². The molecule has 4 nitrogen and oxygen atoms in total. The highest BCUT2D eigenvalue weighted by molar-refractivity contribution is 6.37. The first-order chi connectivity index (χ1) is 7.03. The van der Waals surface area contributed by atoms with Crippen LogP contribution in [-0.4, -0.2) is 30.3 Å². The predicted octanol–water partition coefficient (Wildman–Crippen LogP) is 1.35. The Labute approximate surface area is 85.2 Å². The molecule has 15 heavy (non-hydrogen) atoms. The number of esters is 1. The summed E-state index contributed by atoms with van der Waals surface area (Å²) in [6.45, 7) is 1.85. The Balaban J connectivity index is 2.08. The normalized spacial score (nSPS) is 31.8. The van der Waals surface area contributed by atoms with Gasteiger partial charge < -0.3 is 9.57 Å². The van der Waals surface area contributed by atoms with Crippen molar-refractivity contribution in [2.45, 2.75) is 31.8 Å². The molecule has 0 amide bonds. The van der Waals surface area contributed by atoms with Crippen LogP contribution in [0.5, 0.6) is 0 Å². The maximum atomic E-state index is 13.0. The second-order valence-corrected chi connectivity index (χ2v) is 3.71. The molecule has 2 atom stereocenters. The SMILES string of the molecule is CCOC(=O)C1=NO[C@@H]2CC(F)(F)C[C@H]12. The fraction of sp³-hybridized carbons (Fsp3) is 0.778. The summed E-state index contributed by atoms with van der Waals surface area (Å²) in [5.41, 5.74) is -0.000903. The van der Waals surface area contributed by atoms with Crippen molar-refractivity contribution in [2.24, 2.45) is 11.1 Å². The number of carbonyl (C=O) groups excluding carboxylic acids is 1. The van der Waals surface area contributed by atoms with E-state index in [1.807, 2.05) is 0 Å². The first kappa shape index (κ1) is 10.3. The van der Waals surface area contributed by atoms with Gasteiger partial charge in [-0.2, -0.15) is 0 Å². The van der Waals surface area contributed by atoms with E-state index in [0.29, 0.717) is 0 Å². The standard InChI is InChI=1S/C9H11F2NO3/c1-2-14-8(13)7-5-3-9(10,11)4-6(5)15-12-7/h5-6H,2-4H2,1H3/t5-,6+/m0/s1. The smallest absolute Gasteiger partial charge is 0.356 e. The van der Waals surface area contributed by atoms with Gasteiger partial charge in [0.15, 0.2) is 5.71 Å². The summed E-state index contributed by atoms with van der Waals surface area (Å²) >= 11 is 0. The third-order valence-corrected chi connectivity index (χ3v) is 2.59. The van der Waals surface area contributed by atoms with Gasteiger partial charge in [-0.1, -0.05) is 5.16 Å². The molecular weight excluding hydrogens is 208 g/mol. The van der Waals surface area contributed by atoms with Crippen molar-refractivity contribution in [3.8, 4) is 0 Å². The van der Waals surface area contributed by atoms with E-state index >= 15 is 0 Å². The van der Waals surface area contributed by atoms with Gasteiger partial charge in [0, 0.05) is 6.42 Å². The van der Waals surface area contributed by atoms with Gasteiger partial charge >= 0.3 is 5.97 Å². The third kappa shape index (κ3) is 1.80. The summed E-state index contributed by atoms with van der Waals surface area (Å²) < 4.78 is 30.7. The predicted molar refractivity (Wildman–Crippen MR) is 46.6 cm³/mol. The topological polar surface area (TPSA) is 47.9 Å². The van der Waals surface area contributed by atoms with E-state index < -0.39 is 23.9 Å². The minimum Gasteiger partial charge on any atom is -0.461 e. The van der Waals surface area contributed by atoms with Gasteiger partial charge in [0.2, 0.25) is 0 Å². The molecule has 2 aliphatic rings. The monoisotopic (exact) mass is 219 g/mol. The molecule has 0 aromatic heterocycles. The van der Waals surface area contributed by atoms with Crippen LogP contribution >= 0.6 is 0 Å². The molecule has 0 N–H and O–H groups in total. The molecule has 0 spiro atoms. The van der Waals surface area contributed by atoms with E-state index in [1.54, 1.807) is 6.92 Å². The summed E-state index contributed by atoms with van der Waals surface area (Å²) in [7, 11) is 0. The van der Waals surface area contributed by atoms with E-state index in [0.717, 1.165) is 0 Å². The highest BCUT2D eigenvalue weighted by atomic mass is 19.3. The average Bonchev–Trinajstić information content (AvgIpc) is 2.59. The number of hydrogen-bond acceptors (Lipinski definition) is 4. The van der Waals surface area contributed by atoms with Gasteiger partial charge in [0.05, 0.1) is 18.9 Å². The number of fused-ring (bicyclic) bond motifs is 1. The largest absolute Gasteiger partial charge is 0.461 e. The van der Waals surface area contributed by atoms with Crippen LogP contribution in [0.2, 0.25) is 0 Å². The molecule has 1 aliphatic carbocycles. The molecule has 84 valence electrons. The van der Waals surface area contributed by atoms with Crippen LogP contribution in [0.4, 0.5) is 8.78 Å². The van der Waals surface area contributed by atoms with Crippen LogP contribution < -0.4 is 0 Å². The Kier molecular flexibility index (Phi) is 2.36. The number of halogens is 2. The molecule has 1 fully saturated rings. The number of carbonyl (C=O) groups is 1. The molecular formula is C9H11F2NO3. The van der Waals surface area contributed by atoms with Crippen molar-refractivity contribution < 1.29 is 23.1 Å². The number of rotatable bonds is 2. The second-order valence-electron chi connectivity index (χ2n) is 3.71. The molecule has 1 saturated carbocycles. The molecule has 0 bridgehead atoms. The van der Waals surface area contributed by atoms with Gasteiger partial charge in [0.1, 0.15) is 6.10 Å². The highest BCUT2D eigenvalue weighted by Crippen LogP contribution is 2.44. The quantitative estimate of drug-likeness (QED) is 0.658. The Morgan fingerprint density at radius 3 is 3.07 bits per heavy atom. The summed E-state index contributed by atoms with van der Waals surface area (Å²) in [5, 5.41) is 3.51. The molecule has 1 heterocycles. The zero-order valence-corrected chi connectivity index (χ0v) is 8.20. The van der Waals surface area contributed by atoms with Crippen molar-refractivity contribution in [1.82, 2.24) is 0 Å². The summed E-state index contributed by atoms with van der Waals surface area (Å²) in [4.78, 5) is 16.1. The molecule has 0 radical (unpaired) electrons. The Bertz CT molecular complexity index is 316. The number of alkyl halides is 2. The van der Waals surface area contributed by atoms with Gasteiger partial charge in [-0.15, -0.1) is 0 Å². The fourth-order valence-electron chi connectivity index (χ4n) is 1.94. The van der Waals surface area contributed by atoms with Crippen molar-refractivity contribution >= 4 is 11.7 Å². The summed E-state index contributed by atoms with van der Waals surface area (Å²) in [5.74, 6) is -4.02. The van der Waals surface area contributed by atoms with Gasteiger partial charge in [-0.3, -0.25) is 0 Å². The molecule has 1 aliphatic heterocycles. The molecule has 2 rings (SSSR count). The highest BCUT2D eigenvalue weighted by Gasteiger charge is 2.54. The van der Waals surface area contributed by atoms with Crippen LogP contribution in [0.1, 0.15) is 19.8 Å². The van der Waals surface area contributed by atoms with Crippen LogP contribution in [0.25, 0.3) is 0 Å². The van der Waals surface area contributed by atoms with Crippen LogP contribution in [-0.2, 0) is 14.4 Å². The van der Waals surface area contributed by atoms with Crippen LogP contribution in [0, 0.1) is 5.92 Å². The average molecular weight is 219 g/mol. The van der Waals surface area contributed by atoms with E-state index in [4.69, 9.17) is 9.57 Å². The molecule has 0 aromatic rings. The lowest BCUT2D eigenvalue weighted by molar-refractivity contribution is -0.135. The lowest BCUT2D eigenvalue weighted by atomic mass is 10.0. The van der Waals surface area contributed by atoms with E-state index in [2.05, 4.69) is 5.16 Å². The van der Waals surface area contributed by atoms with Crippen LogP contribution in [0.3, 0.4) is 0 Å². The number of ether oxygens (including phenoxy) is 1. The minimum atomic E-state index is -2.76. The molecule has 6 heteroatoms. The zero-order chi connectivity index (χ0) is 11.1. The summed E-state index contributed by atoms with van der Waals surface area (Å²) in [6, 6.07) is 0. The van der Waals surface area contributed by atoms with Crippen molar-refractivity contribution in [2.75, 3.05) is 6.61 Å². The third-order valence-electron chi connectivity index (χ3n) is 2.59. The fourth-order valence-corrected chi connectivity index (χ4v) is 1.94. The van der Waals surface area contributed by atoms with Gasteiger partial charge in [0.25, 0.3) is 5.92 Å². The number of nitrogens with zero attached hydrogens (tertiary/aromatic N) is 1. The lowest BCUT2D eigenvalue weighted by Crippen LogP contribution is -2.26. The van der Waals surface area contributed by atoms with Crippen LogP contribution in [0.15, 0.2) is 5.16 Å². The van der Waals surface area contributed by atoms with Crippen molar-refractivity contribution in [1.29, 1.82) is 0 Å². The van der Waals surface area contributed by atoms with Gasteiger partial charge in [-0.25, -0.2) is 13.6 Å².